The van der Waals surface area contributed by atoms with Crippen molar-refractivity contribution in [2.45, 2.75) is 13.0 Å². The molecule has 0 saturated carbocycles. The van der Waals surface area contributed by atoms with Crippen LogP contribution in [0.1, 0.15) is 6.92 Å². The van der Waals surface area contributed by atoms with Gasteiger partial charge >= 0.3 is 0 Å². The lowest BCUT2D eigenvalue weighted by atomic mass is 10.2. The second-order valence-corrected chi connectivity index (χ2v) is 4.68. The molecule has 1 amide bonds. The SMILES string of the molecule is C[C@@H](CO)NC(=O)CN1CN(C)c2ccccc21. The number of rotatable bonds is 4. The maximum atomic E-state index is 11.8. The third-order valence-corrected chi connectivity index (χ3v) is 3.03. The Bertz CT molecular complexity index is 436. The number of para-hydroxylation sites is 2. The van der Waals surface area contributed by atoms with Gasteiger partial charge in [-0.3, -0.25) is 4.79 Å². The smallest absolute Gasteiger partial charge is 0.239 e. The fourth-order valence-corrected chi connectivity index (χ4v) is 2.14. The van der Waals surface area contributed by atoms with Gasteiger partial charge in [0, 0.05) is 13.1 Å². The minimum atomic E-state index is -0.201. The van der Waals surface area contributed by atoms with Crippen LogP contribution in [0.3, 0.4) is 0 Å². The molecule has 5 heteroatoms. The summed E-state index contributed by atoms with van der Waals surface area (Å²) in [6, 6.07) is 7.82. The Hall–Kier alpha value is -1.75. The third kappa shape index (κ3) is 2.56. The van der Waals surface area contributed by atoms with Crippen LogP contribution in [-0.2, 0) is 4.79 Å². The largest absolute Gasteiger partial charge is 0.394 e. The van der Waals surface area contributed by atoms with Crippen molar-refractivity contribution >= 4 is 17.3 Å². The molecule has 5 nitrogen and oxygen atoms in total. The van der Waals surface area contributed by atoms with Crippen molar-refractivity contribution in [1.82, 2.24) is 5.32 Å². The molecule has 2 rings (SSSR count). The summed E-state index contributed by atoms with van der Waals surface area (Å²) in [7, 11) is 2.01. The second kappa shape index (κ2) is 5.27. The van der Waals surface area contributed by atoms with E-state index < -0.39 is 0 Å². The minimum absolute atomic E-state index is 0.0395. The highest BCUT2D eigenvalue weighted by molar-refractivity contribution is 5.85. The molecule has 0 spiro atoms. The summed E-state index contributed by atoms with van der Waals surface area (Å²) in [4.78, 5) is 15.9. The van der Waals surface area contributed by atoms with E-state index in [9.17, 15) is 4.79 Å². The molecular formula is C13H19N3O2. The van der Waals surface area contributed by atoms with E-state index >= 15 is 0 Å². The van der Waals surface area contributed by atoms with Crippen molar-refractivity contribution < 1.29 is 9.90 Å². The van der Waals surface area contributed by atoms with Gasteiger partial charge < -0.3 is 20.2 Å². The van der Waals surface area contributed by atoms with E-state index in [-0.39, 0.29) is 18.6 Å². The first-order valence-electron chi connectivity index (χ1n) is 6.07. The number of nitrogens with one attached hydrogen (secondary N) is 1. The zero-order valence-corrected chi connectivity index (χ0v) is 10.8. The van der Waals surface area contributed by atoms with E-state index in [0.717, 1.165) is 11.4 Å². The lowest BCUT2D eigenvalue weighted by Crippen LogP contribution is -2.43. The van der Waals surface area contributed by atoms with Crippen LogP contribution in [0.15, 0.2) is 24.3 Å². The highest BCUT2D eigenvalue weighted by Gasteiger charge is 2.24. The second-order valence-electron chi connectivity index (χ2n) is 4.68. The number of hydrogen-bond acceptors (Lipinski definition) is 4. The van der Waals surface area contributed by atoms with Crippen LogP contribution < -0.4 is 15.1 Å². The molecule has 0 aliphatic carbocycles. The van der Waals surface area contributed by atoms with E-state index in [4.69, 9.17) is 5.11 Å². The summed E-state index contributed by atoms with van der Waals surface area (Å²) in [5.41, 5.74) is 2.22. The Morgan fingerprint density at radius 3 is 2.78 bits per heavy atom. The van der Waals surface area contributed by atoms with Gasteiger partial charge in [0.2, 0.25) is 5.91 Å². The van der Waals surface area contributed by atoms with E-state index in [0.29, 0.717) is 13.2 Å². The summed E-state index contributed by atoms with van der Waals surface area (Å²) in [5.74, 6) is -0.0679. The summed E-state index contributed by atoms with van der Waals surface area (Å²) in [6.45, 7) is 2.76. The van der Waals surface area contributed by atoms with Gasteiger partial charge in [0.05, 0.1) is 31.2 Å². The molecule has 1 atom stereocenters. The highest BCUT2D eigenvalue weighted by Crippen LogP contribution is 2.33. The van der Waals surface area contributed by atoms with E-state index in [1.165, 1.54) is 0 Å². The molecule has 0 saturated heterocycles. The Labute approximate surface area is 107 Å². The fraction of sp³-hybridized carbons (Fsp3) is 0.462. The number of anilines is 2. The average Bonchev–Trinajstić information content (AvgIpc) is 2.67. The number of aliphatic hydroxyl groups excluding tert-OH is 1. The van der Waals surface area contributed by atoms with Crippen molar-refractivity contribution in [3.63, 3.8) is 0 Å². The summed E-state index contributed by atoms with van der Waals surface area (Å²) < 4.78 is 0. The van der Waals surface area contributed by atoms with Crippen LogP contribution >= 0.6 is 0 Å². The topological polar surface area (TPSA) is 55.8 Å². The zero-order valence-electron chi connectivity index (χ0n) is 10.8. The number of amides is 1. The Balaban J connectivity index is 2.02. The Morgan fingerprint density at radius 2 is 2.11 bits per heavy atom. The van der Waals surface area contributed by atoms with Crippen LogP contribution in [-0.4, -0.2) is 43.9 Å². The molecule has 0 unspecified atom stereocenters. The molecule has 1 aromatic rings. The van der Waals surface area contributed by atoms with Gasteiger partial charge in [-0.2, -0.15) is 0 Å². The molecule has 1 aliphatic rings. The maximum absolute atomic E-state index is 11.8. The molecule has 18 heavy (non-hydrogen) atoms. The quantitative estimate of drug-likeness (QED) is 0.811. The first kappa shape index (κ1) is 12.7. The number of carbonyl (C=O) groups is 1. The summed E-state index contributed by atoms with van der Waals surface area (Å²) in [5, 5.41) is 11.7. The van der Waals surface area contributed by atoms with Gasteiger partial charge in [-0.1, -0.05) is 12.1 Å². The number of carbonyl (C=O) groups excluding carboxylic acids is 1. The fourth-order valence-electron chi connectivity index (χ4n) is 2.14. The molecule has 1 aliphatic heterocycles. The highest BCUT2D eigenvalue weighted by atomic mass is 16.3. The molecule has 0 bridgehead atoms. The van der Waals surface area contributed by atoms with Crippen molar-refractivity contribution in [2.75, 3.05) is 36.7 Å². The molecule has 1 aromatic carbocycles. The molecule has 2 N–H and O–H groups in total. The number of benzene rings is 1. The van der Waals surface area contributed by atoms with Crippen molar-refractivity contribution in [2.24, 2.45) is 0 Å². The van der Waals surface area contributed by atoms with Gasteiger partial charge in [-0.25, -0.2) is 0 Å². The lowest BCUT2D eigenvalue weighted by molar-refractivity contribution is -0.120. The molecule has 98 valence electrons. The van der Waals surface area contributed by atoms with Crippen LogP contribution in [0.25, 0.3) is 0 Å². The summed E-state index contributed by atoms with van der Waals surface area (Å²) >= 11 is 0. The summed E-state index contributed by atoms with van der Waals surface area (Å²) in [6.07, 6.45) is 0. The first-order valence-corrected chi connectivity index (χ1v) is 6.07. The number of aliphatic hydroxyl groups is 1. The number of nitrogens with zero attached hydrogens (tertiary/aromatic N) is 2. The van der Waals surface area contributed by atoms with Crippen LogP contribution in [0.2, 0.25) is 0 Å². The minimum Gasteiger partial charge on any atom is -0.394 e. The lowest BCUT2D eigenvalue weighted by Gasteiger charge is -2.20. The van der Waals surface area contributed by atoms with Gasteiger partial charge in [-0.15, -0.1) is 0 Å². The normalized spacial score (nSPS) is 15.5. The molecule has 0 radical (unpaired) electrons. The van der Waals surface area contributed by atoms with Crippen LogP contribution in [0, 0.1) is 0 Å². The van der Waals surface area contributed by atoms with Crippen molar-refractivity contribution in [3.05, 3.63) is 24.3 Å². The van der Waals surface area contributed by atoms with Crippen molar-refractivity contribution in [3.8, 4) is 0 Å². The zero-order chi connectivity index (χ0) is 13.1. The monoisotopic (exact) mass is 249 g/mol. The maximum Gasteiger partial charge on any atom is 0.239 e. The van der Waals surface area contributed by atoms with E-state index in [1.807, 2.05) is 36.2 Å². The number of fused-ring (bicyclic) bond motifs is 1. The standard InChI is InChI=1S/C13H19N3O2/c1-10(8-17)14-13(18)7-16-9-15(2)11-5-3-4-6-12(11)16/h3-6,10,17H,7-9H2,1-2H3,(H,14,18)/t10-/m0/s1. The molecular weight excluding hydrogens is 230 g/mol. The molecule has 0 aromatic heterocycles. The van der Waals surface area contributed by atoms with Gasteiger partial charge in [0.15, 0.2) is 0 Å². The Morgan fingerprint density at radius 1 is 1.44 bits per heavy atom. The van der Waals surface area contributed by atoms with Crippen molar-refractivity contribution in [1.29, 1.82) is 0 Å². The first-order chi connectivity index (χ1) is 8.61. The average molecular weight is 249 g/mol. The Kier molecular flexibility index (Phi) is 3.72. The van der Waals surface area contributed by atoms with Gasteiger partial charge in [0.25, 0.3) is 0 Å². The van der Waals surface area contributed by atoms with E-state index in [1.54, 1.807) is 6.92 Å². The molecule has 1 heterocycles. The predicted molar refractivity (Wildman–Crippen MR) is 71.7 cm³/mol. The van der Waals surface area contributed by atoms with Gasteiger partial charge in [0.1, 0.15) is 0 Å². The van der Waals surface area contributed by atoms with E-state index in [2.05, 4.69) is 10.2 Å². The van der Waals surface area contributed by atoms with Crippen LogP contribution in [0.5, 0.6) is 0 Å². The predicted octanol–water partition coefficient (Wildman–Crippen LogP) is 0.397. The number of hydrogen-bond donors (Lipinski definition) is 2. The van der Waals surface area contributed by atoms with Crippen LogP contribution in [0.4, 0.5) is 11.4 Å². The third-order valence-electron chi connectivity index (χ3n) is 3.03. The molecule has 0 fully saturated rings. The van der Waals surface area contributed by atoms with Gasteiger partial charge in [-0.05, 0) is 19.1 Å².